The third-order valence-corrected chi connectivity index (χ3v) is 5.87. The molecule has 3 nitrogen and oxygen atoms in total. The first-order chi connectivity index (χ1) is 9.33. The highest BCUT2D eigenvalue weighted by Gasteiger charge is 2.17. The van der Waals surface area contributed by atoms with E-state index in [2.05, 4.69) is 5.32 Å². The Balaban J connectivity index is 1.63. The number of amides is 1. The number of para-hydroxylation sites is 1. The van der Waals surface area contributed by atoms with E-state index in [-0.39, 0.29) is 5.91 Å². The SMILES string of the molecule is O=C(NC[C@H]1CSCCS1)c1cc2ccccc2o1. The highest BCUT2D eigenvalue weighted by atomic mass is 32.2. The van der Waals surface area contributed by atoms with Crippen molar-refractivity contribution >= 4 is 40.4 Å². The van der Waals surface area contributed by atoms with Gasteiger partial charge in [-0.3, -0.25) is 4.79 Å². The molecule has 1 aromatic carbocycles. The molecular weight excluding hydrogens is 278 g/mol. The van der Waals surface area contributed by atoms with Gasteiger partial charge < -0.3 is 9.73 Å². The van der Waals surface area contributed by atoms with Gasteiger partial charge in [-0.05, 0) is 12.1 Å². The monoisotopic (exact) mass is 293 g/mol. The Morgan fingerprint density at radius 1 is 1.37 bits per heavy atom. The number of rotatable bonds is 3. The van der Waals surface area contributed by atoms with Crippen LogP contribution in [0.1, 0.15) is 10.6 Å². The number of fused-ring (bicyclic) bond motifs is 1. The van der Waals surface area contributed by atoms with E-state index >= 15 is 0 Å². The average Bonchev–Trinajstić information content (AvgIpc) is 2.90. The summed E-state index contributed by atoms with van der Waals surface area (Å²) >= 11 is 3.90. The molecule has 1 N–H and O–H groups in total. The fourth-order valence-corrected chi connectivity index (χ4v) is 4.65. The maximum absolute atomic E-state index is 12.0. The summed E-state index contributed by atoms with van der Waals surface area (Å²) in [5, 5.41) is 4.45. The minimum atomic E-state index is -0.118. The Morgan fingerprint density at radius 3 is 3.05 bits per heavy atom. The zero-order valence-corrected chi connectivity index (χ0v) is 12.1. The molecule has 0 unspecified atom stereocenters. The van der Waals surface area contributed by atoms with Gasteiger partial charge in [-0.1, -0.05) is 18.2 Å². The van der Waals surface area contributed by atoms with Crippen molar-refractivity contribution in [1.82, 2.24) is 5.32 Å². The maximum atomic E-state index is 12.0. The Labute approximate surface area is 120 Å². The molecule has 2 aromatic rings. The van der Waals surface area contributed by atoms with Crippen LogP contribution in [-0.4, -0.2) is 35.0 Å². The fraction of sp³-hybridized carbons (Fsp3) is 0.357. The minimum Gasteiger partial charge on any atom is -0.451 e. The summed E-state index contributed by atoms with van der Waals surface area (Å²) in [6.45, 7) is 0.716. The normalized spacial score (nSPS) is 19.5. The van der Waals surface area contributed by atoms with Crippen molar-refractivity contribution in [2.75, 3.05) is 23.8 Å². The summed E-state index contributed by atoms with van der Waals surface area (Å²) in [7, 11) is 0. The van der Waals surface area contributed by atoms with Crippen molar-refractivity contribution < 1.29 is 9.21 Å². The number of hydrogen-bond donors (Lipinski definition) is 1. The number of carbonyl (C=O) groups is 1. The molecule has 1 amide bonds. The van der Waals surface area contributed by atoms with Gasteiger partial charge >= 0.3 is 0 Å². The molecule has 5 heteroatoms. The smallest absolute Gasteiger partial charge is 0.287 e. The van der Waals surface area contributed by atoms with E-state index in [1.54, 1.807) is 6.07 Å². The predicted molar refractivity (Wildman–Crippen MR) is 82.1 cm³/mol. The third-order valence-electron chi connectivity index (χ3n) is 3.02. The van der Waals surface area contributed by atoms with Gasteiger partial charge in [0.2, 0.25) is 0 Å². The molecule has 0 spiro atoms. The van der Waals surface area contributed by atoms with Crippen LogP contribution >= 0.6 is 23.5 Å². The molecule has 100 valence electrons. The molecule has 19 heavy (non-hydrogen) atoms. The van der Waals surface area contributed by atoms with E-state index < -0.39 is 0 Å². The first kappa shape index (κ1) is 12.9. The summed E-state index contributed by atoms with van der Waals surface area (Å²) in [5.41, 5.74) is 0.759. The minimum absolute atomic E-state index is 0.118. The number of benzene rings is 1. The fourth-order valence-electron chi connectivity index (χ4n) is 2.04. The first-order valence-electron chi connectivity index (χ1n) is 6.29. The number of thioether (sulfide) groups is 2. The Hall–Kier alpha value is -1.07. The van der Waals surface area contributed by atoms with Crippen molar-refractivity contribution in [3.05, 3.63) is 36.1 Å². The van der Waals surface area contributed by atoms with Gasteiger partial charge in [0.1, 0.15) is 5.58 Å². The lowest BCUT2D eigenvalue weighted by molar-refractivity contribution is 0.0929. The largest absolute Gasteiger partial charge is 0.451 e. The van der Waals surface area contributed by atoms with E-state index in [9.17, 15) is 4.79 Å². The van der Waals surface area contributed by atoms with Gasteiger partial charge in [-0.2, -0.15) is 23.5 Å². The Kier molecular flexibility index (Phi) is 4.03. The molecule has 1 atom stereocenters. The van der Waals surface area contributed by atoms with Crippen LogP contribution < -0.4 is 5.32 Å². The molecular formula is C14H15NO2S2. The second-order valence-corrected chi connectivity index (χ2v) is 6.98. The molecule has 1 aliphatic heterocycles. The zero-order chi connectivity index (χ0) is 13.1. The molecule has 0 aliphatic carbocycles. The van der Waals surface area contributed by atoms with Crippen LogP contribution in [0.15, 0.2) is 34.7 Å². The van der Waals surface area contributed by atoms with E-state index in [1.807, 2.05) is 47.8 Å². The predicted octanol–water partition coefficient (Wildman–Crippen LogP) is 3.01. The number of furan rings is 1. The number of carbonyl (C=O) groups excluding carboxylic acids is 1. The molecule has 0 saturated carbocycles. The average molecular weight is 293 g/mol. The molecule has 2 heterocycles. The van der Waals surface area contributed by atoms with Crippen LogP contribution in [0.25, 0.3) is 11.0 Å². The first-order valence-corrected chi connectivity index (χ1v) is 8.49. The van der Waals surface area contributed by atoms with E-state index in [1.165, 1.54) is 11.5 Å². The molecule has 0 bridgehead atoms. The van der Waals surface area contributed by atoms with E-state index in [0.717, 1.165) is 16.7 Å². The summed E-state index contributed by atoms with van der Waals surface area (Å²) in [4.78, 5) is 12.0. The van der Waals surface area contributed by atoms with Gasteiger partial charge in [0.15, 0.2) is 5.76 Å². The molecule has 1 aromatic heterocycles. The van der Waals surface area contributed by atoms with Gasteiger partial charge in [-0.25, -0.2) is 0 Å². The topological polar surface area (TPSA) is 42.2 Å². The summed E-state index contributed by atoms with van der Waals surface area (Å²) in [6, 6.07) is 9.47. The Morgan fingerprint density at radius 2 is 2.26 bits per heavy atom. The molecule has 0 radical (unpaired) electrons. The van der Waals surface area contributed by atoms with Crippen molar-refractivity contribution in [3.8, 4) is 0 Å². The molecule has 3 rings (SSSR count). The van der Waals surface area contributed by atoms with Crippen molar-refractivity contribution in [1.29, 1.82) is 0 Å². The second kappa shape index (κ2) is 5.92. The quantitative estimate of drug-likeness (QED) is 0.944. The van der Waals surface area contributed by atoms with Crippen LogP contribution in [0.5, 0.6) is 0 Å². The van der Waals surface area contributed by atoms with Crippen LogP contribution in [0.2, 0.25) is 0 Å². The van der Waals surface area contributed by atoms with E-state index in [4.69, 9.17) is 4.42 Å². The lowest BCUT2D eigenvalue weighted by Crippen LogP contribution is -2.33. The summed E-state index contributed by atoms with van der Waals surface area (Å²) in [5.74, 6) is 3.79. The Bertz CT molecular complexity index is 543. The van der Waals surface area contributed by atoms with Crippen molar-refractivity contribution in [3.63, 3.8) is 0 Å². The molecule has 1 fully saturated rings. The summed E-state index contributed by atoms with van der Waals surface area (Å²) in [6.07, 6.45) is 0. The van der Waals surface area contributed by atoms with Crippen LogP contribution in [0.4, 0.5) is 0 Å². The number of hydrogen-bond acceptors (Lipinski definition) is 4. The van der Waals surface area contributed by atoms with Crippen LogP contribution in [0, 0.1) is 0 Å². The van der Waals surface area contributed by atoms with Gasteiger partial charge in [0, 0.05) is 34.4 Å². The standard InChI is InChI=1S/C14H15NO2S2/c16-14(15-8-11-9-18-5-6-19-11)13-7-10-3-1-2-4-12(10)17-13/h1-4,7,11H,5-6,8-9H2,(H,15,16)/t11-/m0/s1. The lowest BCUT2D eigenvalue weighted by Gasteiger charge is -2.20. The third kappa shape index (κ3) is 3.09. The highest BCUT2D eigenvalue weighted by molar-refractivity contribution is 8.06. The van der Waals surface area contributed by atoms with Gasteiger partial charge in [0.25, 0.3) is 5.91 Å². The number of nitrogens with one attached hydrogen (secondary N) is 1. The van der Waals surface area contributed by atoms with Crippen LogP contribution in [0.3, 0.4) is 0 Å². The molecule has 1 saturated heterocycles. The zero-order valence-electron chi connectivity index (χ0n) is 10.4. The second-order valence-electron chi connectivity index (χ2n) is 4.43. The van der Waals surface area contributed by atoms with Gasteiger partial charge in [-0.15, -0.1) is 0 Å². The van der Waals surface area contributed by atoms with Crippen molar-refractivity contribution in [2.24, 2.45) is 0 Å². The van der Waals surface area contributed by atoms with E-state index in [0.29, 0.717) is 17.6 Å². The van der Waals surface area contributed by atoms with Gasteiger partial charge in [0.05, 0.1) is 0 Å². The summed E-state index contributed by atoms with van der Waals surface area (Å²) < 4.78 is 5.55. The lowest BCUT2D eigenvalue weighted by atomic mass is 10.2. The van der Waals surface area contributed by atoms with Crippen LogP contribution in [-0.2, 0) is 0 Å². The molecule has 1 aliphatic rings. The van der Waals surface area contributed by atoms with Crippen molar-refractivity contribution in [2.45, 2.75) is 5.25 Å². The maximum Gasteiger partial charge on any atom is 0.287 e. The highest BCUT2D eigenvalue weighted by Crippen LogP contribution is 2.23.